The Morgan fingerprint density at radius 1 is 1.06 bits per heavy atom. The maximum atomic E-state index is 11.7. The fourth-order valence-electron chi connectivity index (χ4n) is 0.909. The minimum absolute atomic E-state index is 0.258. The number of esters is 2. The van der Waals surface area contributed by atoms with Gasteiger partial charge >= 0.3 is 11.9 Å². The van der Waals surface area contributed by atoms with Crippen molar-refractivity contribution in [2.45, 2.75) is 0 Å². The van der Waals surface area contributed by atoms with Gasteiger partial charge in [0.05, 0.1) is 0 Å². The zero-order valence-electron chi connectivity index (χ0n) is 7.98. The number of alkyl halides is 2. The van der Waals surface area contributed by atoms with Crippen molar-refractivity contribution in [3.8, 4) is 0 Å². The number of hydrogen-bond acceptors (Lipinski definition) is 5. The SMILES string of the molecule is O=C(OCF)c1cccc(C(=O)OCF)n1. The van der Waals surface area contributed by atoms with Gasteiger partial charge in [0.15, 0.2) is 0 Å². The number of pyridine rings is 1. The van der Waals surface area contributed by atoms with Gasteiger partial charge in [0.1, 0.15) is 11.4 Å². The lowest BCUT2D eigenvalue weighted by atomic mass is 10.3. The number of aromatic nitrogens is 1. The fraction of sp³-hybridized carbons (Fsp3) is 0.222. The Morgan fingerprint density at radius 3 is 1.88 bits per heavy atom. The van der Waals surface area contributed by atoms with Gasteiger partial charge < -0.3 is 9.47 Å². The molecular formula is C9H7F2NO4. The molecule has 0 saturated carbocycles. The van der Waals surface area contributed by atoms with E-state index in [2.05, 4.69) is 14.5 Å². The highest BCUT2D eigenvalue weighted by molar-refractivity contribution is 5.91. The number of ether oxygens (including phenoxy) is 2. The Labute approximate surface area is 89.0 Å². The molecule has 1 heterocycles. The minimum Gasteiger partial charge on any atom is -0.429 e. The quantitative estimate of drug-likeness (QED) is 0.729. The standard InChI is InChI=1S/C9H7F2NO4/c10-4-15-8(13)6-2-1-3-7(12-6)9(14)16-5-11/h1-3H,4-5H2. The normalized spacial score (nSPS) is 9.62. The van der Waals surface area contributed by atoms with Crippen LogP contribution < -0.4 is 0 Å². The van der Waals surface area contributed by atoms with Gasteiger partial charge in [-0.25, -0.2) is 23.4 Å². The Kier molecular flexibility index (Phi) is 4.31. The van der Waals surface area contributed by atoms with Crippen molar-refractivity contribution in [1.82, 2.24) is 4.98 Å². The molecule has 1 aromatic heterocycles. The number of hydrogen-bond donors (Lipinski definition) is 0. The zero-order chi connectivity index (χ0) is 12.0. The fourth-order valence-corrected chi connectivity index (χ4v) is 0.909. The molecule has 0 amide bonds. The second kappa shape index (κ2) is 5.74. The molecule has 0 saturated heterocycles. The summed E-state index contributed by atoms with van der Waals surface area (Å²) in [6.07, 6.45) is 0. The topological polar surface area (TPSA) is 65.5 Å². The smallest absolute Gasteiger partial charge is 0.359 e. The summed E-state index contributed by atoms with van der Waals surface area (Å²) in [6.45, 7) is -2.58. The first-order valence-corrected chi connectivity index (χ1v) is 4.12. The summed E-state index contributed by atoms with van der Waals surface area (Å²) < 4.78 is 31.5. The largest absolute Gasteiger partial charge is 0.429 e. The second-order valence-corrected chi connectivity index (χ2v) is 2.49. The van der Waals surface area contributed by atoms with Gasteiger partial charge in [-0.05, 0) is 12.1 Å². The molecule has 0 aliphatic rings. The molecule has 16 heavy (non-hydrogen) atoms. The summed E-state index contributed by atoms with van der Waals surface area (Å²) in [5, 5.41) is 0. The third-order valence-corrected chi connectivity index (χ3v) is 1.54. The number of halogens is 2. The Hall–Kier alpha value is -2.05. The average molecular weight is 231 g/mol. The summed E-state index contributed by atoms with van der Waals surface area (Å²) in [5.41, 5.74) is -0.517. The first kappa shape index (κ1) is 12.0. The van der Waals surface area contributed by atoms with Crippen molar-refractivity contribution in [3.05, 3.63) is 29.6 Å². The van der Waals surface area contributed by atoms with Crippen LogP contribution in [-0.4, -0.2) is 30.6 Å². The van der Waals surface area contributed by atoms with E-state index < -0.39 is 25.7 Å². The van der Waals surface area contributed by atoms with Crippen LogP contribution in [0.15, 0.2) is 18.2 Å². The van der Waals surface area contributed by atoms with Crippen LogP contribution in [0.1, 0.15) is 21.0 Å². The summed E-state index contributed by atoms with van der Waals surface area (Å²) in [4.78, 5) is 25.6. The van der Waals surface area contributed by atoms with E-state index in [0.29, 0.717) is 0 Å². The van der Waals surface area contributed by atoms with E-state index in [1.165, 1.54) is 18.2 Å². The molecule has 0 aliphatic carbocycles. The maximum Gasteiger partial charge on any atom is 0.359 e. The van der Waals surface area contributed by atoms with E-state index in [1.54, 1.807) is 0 Å². The van der Waals surface area contributed by atoms with Crippen molar-refractivity contribution in [2.75, 3.05) is 13.7 Å². The molecule has 0 unspecified atom stereocenters. The molecule has 0 bridgehead atoms. The van der Waals surface area contributed by atoms with Gasteiger partial charge in [0.25, 0.3) is 0 Å². The van der Waals surface area contributed by atoms with Crippen LogP contribution in [0.5, 0.6) is 0 Å². The molecule has 0 aromatic carbocycles. The number of carbonyl (C=O) groups is 2. The Morgan fingerprint density at radius 2 is 1.50 bits per heavy atom. The van der Waals surface area contributed by atoms with Crippen LogP contribution in [0.2, 0.25) is 0 Å². The summed E-state index contributed by atoms with van der Waals surface area (Å²) in [7, 11) is 0. The zero-order valence-corrected chi connectivity index (χ0v) is 7.98. The number of carbonyl (C=O) groups excluding carboxylic acids is 2. The lowest BCUT2D eigenvalue weighted by Crippen LogP contribution is -2.12. The van der Waals surface area contributed by atoms with Crippen molar-refractivity contribution in [2.24, 2.45) is 0 Å². The molecule has 0 fully saturated rings. The molecular weight excluding hydrogens is 224 g/mol. The molecule has 0 aliphatic heterocycles. The highest BCUT2D eigenvalue weighted by Crippen LogP contribution is 2.03. The van der Waals surface area contributed by atoms with E-state index in [1.807, 2.05) is 0 Å². The second-order valence-electron chi connectivity index (χ2n) is 2.49. The Balaban J connectivity index is 2.86. The van der Waals surface area contributed by atoms with Gasteiger partial charge in [-0.1, -0.05) is 6.07 Å². The molecule has 1 aromatic rings. The Bertz CT molecular complexity index is 364. The van der Waals surface area contributed by atoms with Gasteiger partial charge in [0.2, 0.25) is 13.7 Å². The summed E-state index contributed by atoms with van der Waals surface area (Å²) in [5.74, 6) is -2.03. The van der Waals surface area contributed by atoms with E-state index in [9.17, 15) is 18.4 Å². The van der Waals surface area contributed by atoms with E-state index in [0.717, 1.165) is 0 Å². The van der Waals surface area contributed by atoms with Gasteiger partial charge in [-0.3, -0.25) is 0 Å². The number of nitrogens with zero attached hydrogens (tertiary/aromatic N) is 1. The molecule has 5 nitrogen and oxygen atoms in total. The van der Waals surface area contributed by atoms with Gasteiger partial charge in [-0.2, -0.15) is 0 Å². The third-order valence-electron chi connectivity index (χ3n) is 1.54. The third kappa shape index (κ3) is 2.97. The molecule has 0 radical (unpaired) electrons. The van der Waals surface area contributed by atoms with Crippen LogP contribution in [0, 0.1) is 0 Å². The molecule has 86 valence electrons. The van der Waals surface area contributed by atoms with Crippen molar-refractivity contribution in [1.29, 1.82) is 0 Å². The molecule has 0 atom stereocenters. The molecule has 0 spiro atoms. The molecule has 0 N–H and O–H groups in total. The maximum absolute atomic E-state index is 11.7. The van der Waals surface area contributed by atoms with Crippen LogP contribution in [0.3, 0.4) is 0 Å². The van der Waals surface area contributed by atoms with Crippen molar-refractivity contribution < 1.29 is 27.8 Å². The predicted molar refractivity (Wildman–Crippen MR) is 47.0 cm³/mol. The molecule has 1 rings (SSSR count). The lowest BCUT2D eigenvalue weighted by molar-refractivity contribution is 0.0310. The minimum atomic E-state index is -1.29. The van der Waals surface area contributed by atoms with Crippen LogP contribution in [-0.2, 0) is 9.47 Å². The van der Waals surface area contributed by atoms with Gasteiger partial charge in [0, 0.05) is 0 Å². The van der Waals surface area contributed by atoms with Gasteiger partial charge in [-0.15, -0.1) is 0 Å². The highest BCUT2D eigenvalue weighted by Gasteiger charge is 2.13. The first-order chi connectivity index (χ1) is 7.69. The van der Waals surface area contributed by atoms with Crippen LogP contribution >= 0.6 is 0 Å². The van der Waals surface area contributed by atoms with E-state index in [-0.39, 0.29) is 11.4 Å². The van der Waals surface area contributed by atoms with Crippen molar-refractivity contribution >= 4 is 11.9 Å². The van der Waals surface area contributed by atoms with Crippen molar-refractivity contribution in [3.63, 3.8) is 0 Å². The lowest BCUT2D eigenvalue weighted by Gasteiger charge is -2.02. The van der Waals surface area contributed by atoms with Crippen LogP contribution in [0.4, 0.5) is 8.78 Å². The number of rotatable bonds is 4. The van der Waals surface area contributed by atoms with E-state index >= 15 is 0 Å². The predicted octanol–water partition coefficient (Wildman–Crippen LogP) is 1.25. The first-order valence-electron chi connectivity index (χ1n) is 4.12. The monoisotopic (exact) mass is 231 g/mol. The van der Waals surface area contributed by atoms with E-state index in [4.69, 9.17) is 0 Å². The average Bonchev–Trinajstić information content (AvgIpc) is 2.30. The molecule has 7 heteroatoms. The summed E-state index contributed by atoms with van der Waals surface area (Å²) in [6, 6.07) is 3.77. The van der Waals surface area contributed by atoms with Crippen LogP contribution in [0.25, 0.3) is 0 Å². The highest BCUT2D eigenvalue weighted by atomic mass is 19.1. The summed E-state index contributed by atoms with van der Waals surface area (Å²) >= 11 is 0.